The van der Waals surface area contributed by atoms with Crippen molar-refractivity contribution in [3.05, 3.63) is 64.1 Å². The quantitative estimate of drug-likeness (QED) is 0.832. The van der Waals surface area contributed by atoms with Gasteiger partial charge in [-0.2, -0.15) is 0 Å². The van der Waals surface area contributed by atoms with Crippen LogP contribution in [0.1, 0.15) is 18.1 Å². The molecule has 1 amide bonds. The first-order valence-corrected chi connectivity index (χ1v) is 9.37. The van der Waals surface area contributed by atoms with E-state index < -0.39 is 0 Å². The lowest BCUT2D eigenvalue weighted by Gasteiger charge is -2.32. The van der Waals surface area contributed by atoms with Crippen molar-refractivity contribution in [3.63, 3.8) is 0 Å². The highest BCUT2D eigenvalue weighted by molar-refractivity contribution is 9.10. The number of halogens is 1. The summed E-state index contributed by atoms with van der Waals surface area (Å²) in [5, 5.41) is 3.36. The van der Waals surface area contributed by atoms with Crippen LogP contribution < -0.4 is 10.1 Å². The van der Waals surface area contributed by atoms with Gasteiger partial charge in [-0.15, -0.1) is 0 Å². The molecule has 25 heavy (non-hydrogen) atoms. The third-order valence-electron chi connectivity index (χ3n) is 4.32. The predicted octanol–water partition coefficient (Wildman–Crippen LogP) is 3.39. The maximum Gasteiger partial charge on any atom is 0.227 e. The van der Waals surface area contributed by atoms with Crippen LogP contribution in [0.5, 0.6) is 5.75 Å². The van der Waals surface area contributed by atoms with Gasteiger partial charge in [0.2, 0.25) is 5.91 Å². The number of benzene rings is 2. The van der Waals surface area contributed by atoms with Gasteiger partial charge in [0, 0.05) is 35.7 Å². The molecule has 1 unspecified atom stereocenters. The fraction of sp³-hybridized carbons (Fsp3) is 0.350. The monoisotopic (exact) mass is 402 g/mol. The molecule has 1 aliphatic rings. The van der Waals surface area contributed by atoms with Crippen LogP contribution in [-0.4, -0.2) is 36.5 Å². The van der Waals surface area contributed by atoms with E-state index in [1.807, 2.05) is 53.4 Å². The molecule has 3 rings (SSSR count). The number of ether oxygens (including phenoxy) is 1. The second-order valence-electron chi connectivity index (χ2n) is 6.40. The highest BCUT2D eigenvalue weighted by Crippen LogP contribution is 2.25. The van der Waals surface area contributed by atoms with Gasteiger partial charge in [0.1, 0.15) is 12.4 Å². The molecule has 0 bridgehead atoms. The molecule has 1 aliphatic heterocycles. The number of hydrogen-bond donors (Lipinski definition) is 1. The Morgan fingerprint density at radius 3 is 2.84 bits per heavy atom. The van der Waals surface area contributed by atoms with E-state index >= 15 is 0 Å². The molecule has 4 nitrogen and oxygen atoms in total. The number of piperazine rings is 1. The topological polar surface area (TPSA) is 41.6 Å². The van der Waals surface area contributed by atoms with Crippen molar-refractivity contribution in [3.8, 4) is 5.75 Å². The summed E-state index contributed by atoms with van der Waals surface area (Å²) in [6.45, 7) is 4.97. The molecule has 1 heterocycles. The predicted molar refractivity (Wildman–Crippen MR) is 103 cm³/mol. The maximum atomic E-state index is 12.7. The molecule has 132 valence electrons. The van der Waals surface area contributed by atoms with E-state index in [1.54, 1.807) is 0 Å². The Bertz CT molecular complexity index is 721. The second kappa shape index (κ2) is 8.50. The molecule has 1 atom stereocenters. The van der Waals surface area contributed by atoms with Crippen LogP contribution in [0.3, 0.4) is 0 Å². The number of nitrogens with zero attached hydrogens (tertiary/aromatic N) is 1. The number of nitrogens with one attached hydrogen (secondary N) is 1. The second-order valence-corrected chi connectivity index (χ2v) is 7.31. The zero-order chi connectivity index (χ0) is 17.6. The first-order valence-electron chi connectivity index (χ1n) is 8.58. The molecular formula is C20H23BrN2O2. The first-order chi connectivity index (χ1) is 12.1. The van der Waals surface area contributed by atoms with Gasteiger partial charge < -0.3 is 15.0 Å². The van der Waals surface area contributed by atoms with Crippen LogP contribution in [0, 0.1) is 0 Å². The Kier molecular flexibility index (Phi) is 6.10. The molecule has 0 saturated carbocycles. The van der Waals surface area contributed by atoms with Gasteiger partial charge in [0.05, 0.1) is 6.42 Å². The summed E-state index contributed by atoms with van der Waals surface area (Å²) in [5.41, 5.74) is 2.03. The third kappa shape index (κ3) is 5.06. The van der Waals surface area contributed by atoms with E-state index in [-0.39, 0.29) is 5.91 Å². The number of rotatable bonds is 5. The van der Waals surface area contributed by atoms with Crippen molar-refractivity contribution in [2.75, 3.05) is 19.6 Å². The molecule has 2 aromatic rings. The third-order valence-corrected chi connectivity index (χ3v) is 4.82. The number of amides is 1. The number of hydrogen-bond acceptors (Lipinski definition) is 3. The van der Waals surface area contributed by atoms with Crippen molar-refractivity contribution < 1.29 is 9.53 Å². The summed E-state index contributed by atoms with van der Waals surface area (Å²) in [5.74, 6) is 0.916. The smallest absolute Gasteiger partial charge is 0.227 e. The van der Waals surface area contributed by atoms with Crippen LogP contribution in [0.15, 0.2) is 53.0 Å². The highest BCUT2D eigenvalue weighted by atomic mass is 79.9. The van der Waals surface area contributed by atoms with E-state index in [9.17, 15) is 4.79 Å². The van der Waals surface area contributed by atoms with E-state index in [2.05, 4.69) is 28.2 Å². The van der Waals surface area contributed by atoms with Crippen LogP contribution in [0.2, 0.25) is 0 Å². The molecule has 0 aliphatic carbocycles. The summed E-state index contributed by atoms with van der Waals surface area (Å²) in [4.78, 5) is 14.6. The largest absolute Gasteiger partial charge is 0.489 e. The highest BCUT2D eigenvalue weighted by Gasteiger charge is 2.21. The van der Waals surface area contributed by atoms with Crippen molar-refractivity contribution in [2.45, 2.75) is 26.0 Å². The molecule has 5 heteroatoms. The number of carbonyl (C=O) groups excluding carboxylic acids is 1. The van der Waals surface area contributed by atoms with Crippen molar-refractivity contribution in [1.82, 2.24) is 10.2 Å². The Labute approximate surface area is 157 Å². The first kappa shape index (κ1) is 18.0. The minimum absolute atomic E-state index is 0.149. The van der Waals surface area contributed by atoms with Crippen LogP contribution in [0.25, 0.3) is 0 Å². The minimum Gasteiger partial charge on any atom is -0.489 e. The SMILES string of the molecule is CC1CN(C(=O)Cc2cc(Br)ccc2OCc2ccccc2)CCN1. The summed E-state index contributed by atoms with van der Waals surface area (Å²) >= 11 is 3.50. The van der Waals surface area contributed by atoms with Crippen molar-refractivity contribution in [2.24, 2.45) is 0 Å². The summed E-state index contributed by atoms with van der Waals surface area (Å²) < 4.78 is 6.94. The van der Waals surface area contributed by atoms with E-state index in [1.165, 1.54) is 0 Å². The molecule has 1 saturated heterocycles. The Hall–Kier alpha value is -1.85. The van der Waals surface area contributed by atoms with E-state index in [0.717, 1.165) is 41.0 Å². The fourth-order valence-electron chi connectivity index (χ4n) is 3.00. The normalized spacial score (nSPS) is 17.4. The minimum atomic E-state index is 0.149. The lowest BCUT2D eigenvalue weighted by Crippen LogP contribution is -2.51. The molecule has 1 fully saturated rings. The summed E-state index contributed by atoms with van der Waals surface area (Å²) in [6.07, 6.45) is 0.357. The van der Waals surface area contributed by atoms with Crippen LogP contribution in [-0.2, 0) is 17.8 Å². The molecule has 2 aromatic carbocycles. The van der Waals surface area contributed by atoms with Gasteiger partial charge in [-0.3, -0.25) is 4.79 Å². The van der Waals surface area contributed by atoms with Crippen LogP contribution in [0.4, 0.5) is 0 Å². The van der Waals surface area contributed by atoms with Gasteiger partial charge in [0.25, 0.3) is 0 Å². The van der Waals surface area contributed by atoms with E-state index in [4.69, 9.17) is 4.74 Å². The standard InChI is InChI=1S/C20H23BrN2O2/c1-15-13-23(10-9-22-15)20(24)12-17-11-18(21)7-8-19(17)25-14-16-5-3-2-4-6-16/h2-8,11,15,22H,9-10,12-14H2,1H3. The lowest BCUT2D eigenvalue weighted by molar-refractivity contribution is -0.131. The number of carbonyl (C=O) groups is 1. The maximum absolute atomic E-state index is 12.7. The van der Waals surface area contributed by atoms with E-state index in [0.29, 0.717) is 19.1 Å². The molecule has 0 aromatic heterocycles. The Morgan fingerprint density at radius 1 is 1.28 bits per heavy atom. The average molecular weight is 403 g/mol. The van der Waals surface area contributed by atoms with Gasteiger partial charge in [-0.1, -0.05) is 46.3 Å². The van der Waals surface area contributed by atoms with Gasteiger partial charge in [-0.25, -0.2) is 0 Å². The zero-order valence-electron chi connectivity index (χ0n) is 14.4. The summed E-state index contributed by atoms with van der Waals surface area (Å²) in [6, 6.07) is 16.2. The Balaban J connectivity index is 1.69. The van der Waals surface area contributed by atoms with Gasteiger partial charge in [-0.05, 0) is 30.7 Å². The van der Waals surface area contributed by atoms with Crippen LogP contribution >= 0.6 is 15.9 Å². The van der Waals surface area contributed by atoms with Crippen molar-refractivity contribution in [1.29, 1.82) is 0 Å². The molecule has 1 N–H and O–H groups in total. The Morgan fingerprint density at radius 2 is 2.08 bits per heavy atom. The molecular weight excluding hydrogens is 380 g/mol. The average Bonchev–Trinajstić information content (AvgIpc) is 2.62. The summed E-state index contributed by atoms with van der Waals surface area (Å²) in [7, 11) is 0. The fourth-order valence-corrected chi connectivity index (χ4v) is 3.40. The zero-order valence-corrected chi connectivity index (χ0v) is 16.0. The molecule has 0 radical (unpaired) electrons. The van der Waals surface area contributed by atoms with Gasteiger partial charge >= 0.3 is 0 Å². The van der Waals surface area contributed by atoms with Gasteiger partial charge in [0.15, 0.2) is 0 Å². The molecule has 0 spiro atoms. The lowest BCUT2D eigenvalue weighted by atomic mass is 10.1. The van der Waals surface area contributed by atoms with Crippen molar-refractivity contribution >= 4 is 21.8 Å².